The molecule has 0 saturated heterocycles. The first-order valence-electron chi connectivity index (χ1n) is 9.21. The first kappa shape index (κ1) is 19.5. The molecule has 0 aliphatic heterocycles. The largest absolute Gasteiger partial charge is 0.496 e. The van der Waals surface area contributed by atoms with Crippen LogP contribution in [0.15, 0.2) is 53.8 Å². The minimum atomic E-state index is 0.357. The number of aromatic nitrogens is 2. The Morgan fingerprint density at radius 2 is 1.93 bits per heavy atom. The van der Waals surface area contributed by atoms with Gasteiger partial charge >= 0.3 is 0 Å². The molecular formula is C22H26N4O2. The third-order valence-electron chi connectivity index (χ3n) is 4.41. The lowest BCUT2D eigenvalue weighted by molar-refractivity contribution is 0.296. The van der Waals surface area contributed by atoms with Crippen molar-refractivity contribution in [3.05, 3.63) is 71.0 Å². The molecule has 0 aliphatic carbocycles. The fourth-order valence-corrected chi connectivity index (χ4v) is 2.83. The minimum absolute atomic E-state index is 0.357. The van der Waals surface area contributed by atoms with Gasteiger partial charge in [0.2, 0.25) is 5.95 Å². The van der Waals surface area contributed by atoms with Crippen LogP contribution in [0.2, 0.25) is 0 Å². The summed E-state index contributed by atoms with van der Waals surface area (Å²) < 4.78 is 13.0. The molecule has 2 N–H and O–H groups in total. The van der Waals surface area contributed by atoms with Gasteiger partial charge in [-0.05, 0) is 54.3 Å². The molecule has 28 heavy (non-hydrogen) atoms. The maximum atomic E-state index is 5.95. The smallest absolute Gasteiger partial charge is 0.221 e. The van der Waals surface area contributed by atoms with Crippen molar-refractivity contribution in [2.24, 2.45) is 5.10 Å². The highest BCUT2D eigenvalue weighted by Gasteiger charge is 2.06. The third kappa shape index (κ3) is 4.71. The Morgan fingerprint density at radius 3 is 2.54 bits per heavy atom. The van der Waals surface area contributed by atoms with Crippen LogP contribution in [0.4, 0.5) is 5.95 Å². The van der Waals surface area contributed by atoms with Gasteiger partial charge in [0.15, 0.2) is 0 Å². The van der Waals surface area contributed by atoms with E-state index in [1.165, 1.54) is 5.56 Å². The van der Waals surface area contributed by atoms with E-state index in [0.717, 1.165) is 28.3 Å². The summed E-state index contributed by atoms with van der Waals surface area (Å²) in [6, 6.07) is 14.0. The molecule has 1 heterocycles. The highest BCUT2D eigenvalue weighted by Crippen LogP contribution is 2.23. The number of hydrogen-bond acceptors (Lipinski definition) is 5. The molecule has 0 unspecified atom stereocenters. The lowest BCUT2D eigenvalue weighted by Gasteiger charge is -2.12. The van der Waals surface area contributed by atoms with Crippen molar-refractivity contribution >= 4 is 12.2 Å². The van der Waals surface area contributed by atoms with Gasteiger partial charge < -0.3 is 15.2 Å². The quantitative estimate of drug-likeness (QED) is 0.620. The summed E-state index contributed by atoms with van der Waals surface area (Å²) >= 11 is 0. The number of benzene rings is 2. The van der Waals surface area contributed by atoms with Crippen LogP contribution in [0.3, 0.4) is 0 Å². The van der Waals surface area contributed by atoms with Gasteiger partial charge in [-0.15, -0.1) is 0 Å². The predicted octanol–water partition coefficient (Wildman–Crippen LogP) is 4.37. The number of methoxy groups -OCH3 is 1. The zero-order valence-corrected chi connectivity index (χ0v) is 16.7. The number of nitrogens with zero attached hydrogens (tertiary/aromatic N) is 3. The lowest BCUT2D eigenvalue weighted by atomic mass is 10.0. The van der Waals surface area contributed by atoms with Crippen molar-refractivity contribution in [3.63, 3.8) is 0 Å². The Balaban J connectivity index is 1.74. The van der Waals surface area contributed by atoms with Gasteiger partial charge in [-0.2, -0.15) is 5.10 Å². The van der Waals surface area contributed by atoms with Crippen molar-refractivity contribution in [1.29, 1.82) is 0 Å². The molecule has 0 aliphatic rings. The Kier molecular flexibility index (Phi) is 5.99. The standard InChI is InChI=1S/C22H26N4O2/c1-15(2)18-6-8-20(9-7-18)28-14-19-11-17(5-10-21(19)27-4)12-24-26-13-16(3)25-22(26)23/h5-13,15H,14H2,1-4H3,(H2,23,25). The molecular weight excluding hydrogens is 352 g/mol. The van der Waals surface area contributed by atoms with Crippen LogP contribution in [0, 0.1) is 6.92 Å². The van der Waals surface area contributed by atoms with E-state index in [0.29, 0.717) is 18.5 Å². The van der Waals surface area contributed by atoms with Crippen LogP contribution in [-0.2, 0) is 6.61 Å². The highest BCUT2D eigenvalue weighted by atomic mass is 16.5. The monoisotopic (exact) mass is 378 g/mol. The minimum Gasteiger partial charge on any atom is -0.496 e. The fourth-order valence-electron chi connectivity index (χ4n) is 2.83. The molecule has 0 radical (unpaired) electrons. The van der Waals surface area contributed by atoms with Crippen LogP contribution in [0.25, 0.3) is 0 Å². The van der Waals surface area contributed by atoms with Gasteiger partial charge in [0.05, 0.1) is 25.2 Å². The Bertz CT molecular complexity index is 959. The van der Waals surface area contributed by atoms with Gasteiger partial charge in [-0.1, -0.05) is 26.0 Å². The molecule has 6 nitrogen and oxygen atoms in total. The number of rotatable bonds is 7. The number of aryl methyl sites for hydroxylation is 1. The summed E-state index contributed by atoms with van der Waals surface area (Å²) in [5.41, 5.74) is 9.79. The van der Waals surface area contributed by atoms with Crippen molar-refractivity contribution in [1.82, 2.24) is 9.66 Å². The maximum absolute atomic E-state index is 5.95. The van der Waals surface area contributed by atoms with E-state index >= 15 is 0 Å². The second-order valence-corrected chi connectivity index (χ2v) is 6.91. The number of hydrogen-bond donors (Lipinski definition) is 1. The summed E-state index contributed by atoms with van der Waals surface area (Å²) in [6.07, 6.45) is 3.51. The normalized spacial score (nSPS) is 11.3. The Labute approximate surface area is 165 Å². The van der Waals surface area contributed by atoms with Gasteiger partial charge in [0.1, 0.15) is 18.1 Å². The average Bonchev–Trinajstić information content (AvgIpc) is 3.02. The van der Waals surface area contributed by atoms with Gasteiger partial charge in [-0.3, -0.25) is 0 Å². The molecule has 0 spiro atoms. The molecule has 1 aromatic heterocycles. The molecule has 146 valence electrons. The zero-order valence-electron chi connectivity index (χ0n) is 16.7. The average molecular weight is 378 g/mol. The molecule has 0 saturated carbocycles. The molecule has 6 heteroatoms. The molecule has 0 amide bonds. The topological polar surface area (TPSA) is 74.7 Å². The van der Waals surface area contributed by atoms with Crippen LogP contribution >= 0.6 is 0 Å². The van der Waals surface area contributed by atoms with Crippen LogP contribution in [0.1, 0.15) is 42.1 Å². The third-order valence-corrected chi connectivity index (χ3v) is 4.41. The fraction of sp³-hybridized carbons (Fsp3) is 0.273. The molecule has 3 aromatic rings. The number of anilines is 1. The summed E-state index contributed by atoms with van der Waals surface area (Å²) in [7, 11) is 1.65. The van der Waals surface area contributed by atoms with Crippen molar-refractivity contribution in [2.75, 3.05) is 12.8 Å². The second kappa shape index (κ2) is 8.61. The van der Waals surface area contributed by atoms with Gasteiger partial charge in [0, 0.05) is 5.56 Å². The van der Waals surface area contributed by atoms with Crippen LogP contribution in [-0.4, -0.2) is 23.0 Å². The van der Waals surface area contributed by atoms with E-state index in [1.807, 2.05) is 37.3 Å². The lowest BCUT2D eigenvalue weighted by Crippen LogP contribution is -2.01. The number of nitrogens with two attached hydrogens (primary N) is 1. The van der Waals surface area contributed by atoms with Crippen molar-refractivity contribution in [2.45, 2.75) is 33.3 Å². The molecule has 0 bridgehead atoms. The first-order chi connectivity index (χ1) is 13.5. The Morgan fingerprint density at radius 1 is 1.18 bits per heavy atom. The van der Waals surface area contributed by atoms with Gasteiger partial charge in [-0.25, -0.2) is 9.66 Å². The molecule has 3 rings (SSSR count). The van der Waals surface area contributed by atoms with Crippen molar-refractivity contribution in [3.8, 4) is 11.5 Å². The number of ether oxygens (including phenoxy) is 2. The summed E-state index contributed by atoms with van der Waals surface area (Å²) in [5, 5.41) is 4.36. The van der Waals surface area contributed by atoms with E-state index < -0.39 is 0 Å². The zero-order chi connectivity index (χ0) is 20.1. The van der Waals surface area contributed by atoms with E-state index in [4.69, 9.17) is 15.2 Å². The summed E-state index contributed by atoms with van der Waals surface area (Å²) in [5.74, 6) is 2.45. The van der Waals surface area contributed by atoms with Gasteiger partial charge in [0.25, 0.3) is 0 Å². The maximum Gasteiger partial charge on any atom is 0.221 e. The second-order valence-electron chi connectivity index (χ2n) is 6.91. The molecule has 0 atom stereocenters. The van der Waals surface area contributed by atoms with Crippen LogP contribution < -0.4 is 15.2 Å². The summed E-state index contributed by atoms with van der Waals surface area (Å²) in [6.45, 7) is 6.62. The molecule has 2 aromatic carbocycles. The van der Waals surface area contributed by atoms with E-state index in [-0.39, 0.29) is 0 Å². The SMILES string of the molecule is COc1ccc(C=Nn2cc(C)nc2N)cc1COc1ccc(C(C)C)cc1. The molecule has 0 fully saturated rings. The van der Waals surface area contributed by atoms with E-state index in [9.17, 15) is 0 Å². The summed E-state index contributed by atoms with van der Waals surface area (Å²) in [4.78, 5) is 4.14. The van der Waals surface area contributed by atoms with Crippen LogP contribution in [0.5, 0.6) is 11.5 Å². The predicted molar refractivity (Wildman–Crippen MR) is 112 cm³/mol. The highest BCUT2D eigenvalue weighted by molar-refractivity contribution is 5.80. The Hall–Kier alpha value is -3.28. The van der Waals surface area contributed by atoms with Crippen molar-refractivity contribution < 1.29 is 9.47 Å². The van der Waals surface area contributed by atoms with E-state index in [2.05, 4.69) is 36.1 Å². The first-order valence-corrected chi connectivity index (χ1v) is 9.21. The van der Waals surface area contributed by atoms with E-state index in [1.54, 1.807) is 24.2 Å². The number of nitrogen functional groups attached to an aromatic ring is 1. The number of imidazole rings is 1.